The van der Waals surface area contributed by atoms with Crippen LogP contribution in [0.4, 0.5) is 0 Å². The first kappa shape index (κ1) is 27.4. The largest absolute Gasteiger partial charge is 0.493 e. The third-order valence-electron chi connectivity index (χ3n) is 7.32. The first-order valence-electron chi connectivity index (χ1n) is 12.7. The molecule has 5 rings (SSSR count). The van der Waals surface area contributed by atoms with E-state index in [0.29, 0.717) is 13.0 Å². The van der Waals surface area contributed by atoms with E-state index in [2.05, 4.69) is 32.8 Å². The lowest BCUT2D eigenvalue weighted by molar-refractivity contribution is -0.131. The molecule has 4 heterocycles. The molecule has 3 aliphatic rings. The van der Waals surface area contributed by atoms with Crippen molar-refractivity contribution in [3.63, 3.8) is 0 Å². The number of carbonyl (C=O) groups excluding carboxylic acids is 2. The number of rotatable bonds is 7. The number of fused-ring (bicyclic) bond motifs is 1. The molecule has 2 amide bonds. The summed E-state index contributed by atoms with van der Waals surface area (Å²) in [6.45, 7) is 5.84. The summed E-state index contributed by atoms with van der Waals surface area (Å²) in [6.07, 6.45) is -0.0265. The Morgan fingerprint density at radius 2 is 2.00 bits per heavy atom. The SMILES string of the molecule is CN1CCN(Cc2ccc3c(c2)OCC[C@H]3NC(=O)C[C@]2(S(=O)(=O)c3ccc(Cl)s3)NCCNC2=O)CC1. The van der Waals surface area contributed by atoms with Gasteiger partial charge in [-0.25, -0.2) is 8.42 Å². The van der Waals surface area contributed by atoms with Crippen molar-refractivity contribution in [2.45, 2.75) is 34.5 Å². The maximum absolute atomic E-state index is 13.6. The van der Waals surface area contributed by atoms with Crippen LogP contribution >= 0.6 is 22.9 Å². The molecule has 2 atom stereocenters. The fourth-order valence-corrected chi connectivity index (χ4v) is 8.72. The fraction of sp³-hybridized carbons (Fsp3) is 0.520. The first-order chi connectivity index (χ1) is 18.2. The van der Waals surface area contributed by atoms with Crippen LogP contribution in [0, 0.1) is 0 Å². The minimum Gasteiger partial charge on any atom is -0.493 e. The highest BCUT2D eigenvalue weighted by molar-refractivity contribution is 7.95. The third kappa shape index (κ3) is 5.43. The van der Waals surface area contributed by atoms with Crippen LogP contribution in [-0.2, 0) is 26.0 Å². The van der Waals surface area contributed by atoms with Crippen molar-refractivity contribution in [1.29, 1.82) is 0 Å². The minimum absolute atomic E-state index is 0.0656. The molecule has 1 aromatic carbocycles. The highest BCUT2D eigenvalue weighted by atomic mass is 35.5. The Morgan fingerprint density at radius 3 is 2.71 bits per heavy atom. The lowest BCUT2D eigenvalue weighted by Crippen LogP contribution is -2.68. The Bertz CT molecular complexity index is 1310. The minimum atomic E-state index is -4.25. The Morgan fingerprint density at radius 1 is 1.21 bits per heavy atom. The van der Waals surface area contributed by atoms with Gasteiger partial charge in [0.2, 0.25) is 20.6 Å². The van der Waals surface area contributed by atoms with E-state index in [4.69, 9.17) is 16.3 Å². The smallest absolute Gasteiger partial charge is 0.257 e. The van der Waals surface area contributed by atoms with E-state index in [-0.39, 0.29) is 27.7 Å². The molecule has 1 aromatic heterocycles. The number of sulfone groups is 1. The second-order valence-corrected chi connectivity index (χ2v) is 14.1. The van der Waals surface area contributed by atoms with E-state index < -0.39 is 32.9 Å². The molecule has 0 spiro atoms. The van der Waals surface area contributed by atoms with Gasteiger partial charge in [0.15, 0.2) is 0 Å². The zero-order chi connectivity index (χ0) is 26.9. The van der Waals surface area contributed by atoms with Gasteiger partial charge in [-0.1, -0.05) is 23.7 Å². The average molecular weight is 582 g/mol. The van der Waals surface area contributed by atoms with Crippen LogP contribution < -0.4 is 20.7 Å². The number of halogens is 1. The second-order valence-electron chi connectivity index (χ2n) is 9.96. The van der Waals surface area contributed by atoms with Crippen molar-refractivity contribution in [2.75, 3.05) is 52.9 Å². The van der Waals surface area contributed by atoms with Gasteiger partial charge in [-0.3, -0.25) is 19.8 Å². The highest BCUT2D eigenvalue weighted by Gasteiger charge is 2.54. The van der Waals surface area contributed by atoms with Gasteiger partial charge in [-0.15, -0.1) is 11.3 Å². The molecular weight excluding hydrogens is 550 g/mol. The summed E-state index contributed by atoms with van der Waals surface area (Å²) in [5.74, 6) is -0.568. The van der Waals surface area contributed by atoms with Crippen LogP contribution in [0.2, 0.25) is 4.34 Å². The van der Waals surface area contributed by atoms with Gasteiger partial charge in [0.1, 0.15) is 9.96 Å². The van der Waals surface area contributed by atoms with Gasteiger partial charge in [-0.05, 0) is 30.8 Å². The molecule has 2 fully saturated rings. The van der Waals surface area contributed by atoms with Gasteiger partial charge in [0.25, 0.3) is 5.91 Å². The lowest BCUT2D eigenvalue weighted by atomic mass is 9.98. The van der Waals surface area contributed by atoms with Gasteiger partial charge in [-0.2, -0.15) is 0 Å². The molecule has 0 aliphatic carbocycles. The van der Waals surface area contributed by atoms with Gasteiger partial charge < -0.3 is 20.3 Å². The number of likely N-dealkylation sites (N-methyl/N-ethyl adjacent to an activating group) is 1. The Kier molecular flexibility index (Phi) is 7.99. The molecular formula is C25H32ClN5O5S2. The molecule has 206 valence electrons. The molecule has 13 heteroatoms. The number of piperazine rings is 2. The van der Waals surface area contributed by atoms with Crippen LogP contribution in [0.1, 0.15) is 30.0 Å². The van der Waals surface area contributed by atoms with E-state index >= 15 is 0 Å². The van der Waals surface area contributed by atoms with Crippen molar-refractivity contribution < 1.29 is 22.7 Å². The first-order valence-corrected chi connectivity index (χ1v) is 15.3. The van der Waals surface area contributed by atoms with Crippen molar-refractivity contribution in [1.82, 2.24) is 25.8 Å². The number of hydrogen-bond acceptors (Lipinski definition) is 9. The standard InChI is InChI=1S/C25H32ClN5O5S2/c1-30-9-11-31(12-10-30)16-17-2-3-18-19(6-13-36-20(18)14-17)29-22(32)15-25(24(33)27-7-8-28-25)38(34,35)23-5-4-21(26)37-23/h2-5,14,19,28H,6-13,15-16H2,1H3,(H,27,33)(H,29,32)/t19-,25-/m1/s1. The summed E-state index contributed by atoms with van der Waals surface area (Å²) in [5.41, 5.74) is 1.98. The van der Waals surface area contributed by atoms with E-state index in [0.717, 1.165) is 60.9 Å². The zero-order valence-corrected chi connectivity index (χ0v) is 23.6. The number of ether oxygens (including phenoxy) is 1. The predicted molar refractivity (Wildman–Crippen MR) is 145 cm³/mol. The number of amides is 2. The maximum atomic E-state index is 13.6. The number of nitrogens with one attached hydrogen (secondary N) is 3. The molecule has 3 N–H and O–H groups in total. The summed E-state index contributed by atoms with van der Waals surface area (Å²) in [4.78, 5) is 28.9. The monoisotopic (exact) mass is 581 g/mol. The molecule has 2 saturated heterocycles. The summed E-state index contributed by atoms with van der Waals surface area (Å²) in [5, 5.41) is 8.40. The van der Waals surface area contributed by atoms with E-state index in [1.54, 1.807) is 0 Å². The van der Waals surface area contributed by atoms with Crippen molar-refractivity contribution in [3.05, 3.63) is 45.8 Å². The average Bonchev–Trinajstić information content (AvgIpc) is 3.34. The topological polar surface area (TPSA) is 120 Å². The Balaban J connectivity index is 1.32. The normalized spacial score (nSPS) is 24.8. The molecule has 0 bridgehead atoms. The summed E-state index contributed by atoms with van der Waals surface area (Å²) in [7, 11) is -2.12. The molecule has 38 heavy (non-hydrogen) atoms. The number of hydrogen-bond donors (Lipinski definition) is 3. The van der Waals surface area contributed by atoms with Crippen molar-refractivity contribution in [2.24, 2.45) is 0 Å². The van der Waals surface area contributed by atoms with Crippen LogP contribution in [-0.4, -0.2) is 87.8 Å². The van der Waals surface area contributed by atoms with Gasteiger partial charge in [0, 0.05) is 57.8 Å². The zero-order valence-electron chi connectivity index (χ0n) is 21.2. The van der Waals surface area contributed by atoms with Crippen molar-refractivity contribution >= 4 is 44.6 Å². The van der Waals surface area contributed by atoms with Gasteiger partial charge >= 0.3 is 0 Å². The molecule has 10 nitrogen and oxygen atoms in total. The number of nitrogens with zero attached hydrogens (tertiary/aromatic N) is 2. The predicted octanol–water partition coefficient (Wildman–Crippen LogP) is 1.37. The fourth-order valence-electron chi connectivity index (χ4n) is 5.15. The second kappa shape index (κ2) is 11.1. The summed E-state index contributed by atoms with van der Waals surface area (Å²) < 4.78 is 33.3. The Hall–Kier alpha value is -2.22. The van der Waals surface area contributed by atoms with E-state index in [1.165, 1.54) is 12.1 Å². The molecule has 0 saturated carbocycles. The quantitative estimate of drug-likeness (QED) is 0.448. The molecule has 2 aromatic rings. The Labute approximate surface area is 231 Å². The van der Waals surface area contributed by atoms with E-state index in [1.807, 2.05) is 18.2 Å². The number of carbonyl (C=O) groups is 2. The van der Waals surface area contributed by atoms with Crippen LogP contribution in [0.15, 0.2) is 34.5 Å². The van der Waals surface area contributed by atoms with Crippen LogP contribution in [0.3, 0.4) is 0 Å². The van der Waals surface area contributed by atoms with Crippen molar-refractivity contribution in [3.8, 4) is 5.75 Å². The number of benzene rings is 1. The van der Waals surface area contributed by atoms with Crippen LogP contribution in [0.5, 0.6) is 5.75 Å². The molecule has 0 radical (unpaired) electrons. The van der Waals surface area contributed by atoms with E-state index in [9.17, 15) is 18.0 Å². The lowest BCUT2D eigenvalue weighted by Gasteiger charge is -2.36. The highest BCUT2D eigenvalue weighted by Crippen LogP contribution is 2.36. The summed E-state index contributed by atoms with van der Waals surface area (Å²) >= 11 is 6.84. The molecule has 3 aliphatic heterocycles. The third-order valence-corrected chi connectivity index (χ3v) is 11.3. The van der Waals surface area contributed by atoms with Gasteiger partial charge in [0.05, 0.1) is 23.4 Å². The maximum Gasteiger partial charge on any atom is 0.257 e. The molecule has 0 unspecified atom stereocenters. The number of thiophene rings is 1. The van der Waals surface area contributed by atoms with Crippen LogP contribution in [0.25, 0.3) is 0 Å². The summed E-state index contributed by atoms with van der Waals surface area (Å²) in [6, 6.07) is 8.51.